The number of carbonyl (C=O) groups excluding carboxylic acids is 1. The first-order chi connectivity index (χ1) is 14.5. The summed E-state index contributed by atoms with van der Waals surface area (Å²) in [5, 5.41) is 18.9. The van der Waals surface area contributed by atoms with E-state index in [-0.39, 0.29) is 28.7 Å². The summed E-state index contributed by atoms with van der Waals surface area (Å²) in [7, 11) is 0. The maximum absolute atomic E-state index is 13.5. The average Bonchev–Trinajstić information content (AvgIpc) is 3.16. The second kappa shape index (κ2) is 8.78. The molecular formula is C23H33N5O3. The van der Waals surface area contributed by atoms with E-state index in [1.807, 2.05) is 4.90 Å². The molecule has 0 radical (unpaired) electrons. The highest BCUT2D eigenvalue weighted by molar-refractivity contribution is 5.94. The van der Waals surface area contributed by atoms with E-state index >= 15 is 0 Å². The van der Waals surface area contributed by atoms with Gasteiger partial charge < -0.3 is 10.2 Å². The largest absolute Gasteiger partial charge is 0.335 e. The number of hydrogen-bond acceptors (Lipinski definition) is 5. The van der Waals surface area contributed by atoms with Gasteiger partial charge in [-0.3, -0.25) is 14.9 Å². The lowest BCUT2D eigenvalue weighted by Gasteiger charge is -2.49. The maximum atomic E-state index is 13.5. The zero-order valence-corrected chi connectivity index (χ0v) is 19.1. The van der Waals surface area contributed by atoms with Crippen LogP contribution in [0.5, 0.6) is 0 Å². The zero-order valence-electron chi connectivity index (χ0n) is 19.1. The molecule has 1 amide bonds. The summed E-state index contributed by atoms with van der Waals surface area (Å²) in [6.07, 6.45) is 7.04. The lowest BCUT2D eigenvalue weighted by Crippen LogP contribution is -2.62. The van der Waals surface area contributed by atoms with E-state index in [1.54, 1.807) is 29.2 Å². The van der Waals surface area contributed by atoms with Crippen molar-refractivity contribution >= 4 is 11.6 Å². The van der Waals surface area contributed by atoms with Crippen molar-refractivity contribution in [3.05, 3.63) is 52.3 Å². The van der Waals surface area contributed by atoms with Crippen LogP contribution in [-0.4, -0.2) is 49.2 Å². The lowest BCUT2D eigenvalue weighted by molar-refractivity contribution is -0.384. The van der Waals surface area contributed by atoms with Gasteiger partial charge in [0, 0.05) is 42.0 Å². The summed E-state index contributed by atoms with van der Waals surface area (Å²) in [6.45, 7) is 11.6. The summed E-state index contributed by atoms with van der Waals surface area (Å²) < 4.78 is 1.59. The summed E-state index contributed by atoms with van der Waals surface area (Å²) in [5.41, 5.74) is 1.12. The Balaban J connectivity index is 1.84. The standard InChI is InChI=1S/C23H33N5O3/c1-6-7-12-26(20-13-22(2,3)25-23(4,5)14-20)21(29)17-15-24-27(16-17)18-8-10-19(11-9-18)28(30)31/h8-11,15-16,20,25H,6-7,12-14H2,1-5H3. The van der Waals surface area contributed by atoms with Gasteiger partial charge in [-0.05, 0) is 59.1 Å². The second-order valence-electron chi connectivity index (χ2n) is 9.75. The highest BCUT2D eigenvalue weighted by atomic mass is 16.6. The Labute approximate surface area is 183 Å². The molecule has 1 aromatic carbocycles. The molecule has 1 fully saturated rings. The third kappa shape index (κ3) is 5.50. The Kier molecular flexibility index (Phi) is 6.50. The summed E-state index contributed by atoms with van der Waals surface area (Å²) >= 11 is 0. The Morgan fingerprint density at radius 1 is 1.23 bits per heavy atom. The maximum Gasteiger partial charge on any atom is 0.269 e. The molecule has 0 aliphatic carbocycles. The molecule has 2 heterocycles. The average molecular weight is 428 g/mol. The molecule has 168 valence electrons. The number of nitro groups is 1. The van der Waals surface area contributed by atoms with Crippen LogP contribution in [0, 0.1) is 10.1 Å². The van der Waals surface area contributed by atoms with Crippen LogP contribution in [0.25, 0.3) is 5.69 Å². The van der Waals surface area contributed by atoms with Gasteiger partial charge in [-0.1, -0.05) is 13.3 Å². The Bertz CT molecular complexity index is 917. The van der Waals surface area contributed by atoms with Crippen molar-refractivity contribution in [3.63, 3.8) is 0 Å². The number of nitro benzene ring substituents is 1. The number of benzene rings is 1. The fourth-order valence-electron chi connectivity index (χ4n) is 4.73. The molecule has 0 unspecified atom stereocenters. The molecule has 0 saturated carbocycles. The summed E-state index contributed by atoms with van der Waals surface area (Å²) in [4.78, 5) is 26.0. The van der Waals surface area contributed by atoms with Crippen LogP contribution in [0.3, 0.4) is 0 Å². The highest BCUT2D eigenvalue weighted by Gasteiger charge is 2.41. The topological polar surface area (TPSA) is 93.3 Å². The zero-order chi connectivity index (χ0) is 22.8. The van der Waals surface area contributed by atoms with Crippen LogP contribution < -0.4 is 5.32 Å². The van der Waals surface area contributed by atoms with Crippen molar-refractivity contribution in [1.29, 1.82) is 0 Å². The molecule has 1 aromatic heterocycles. The van der Waals surface area contributed by atoms with E-state index in [9.17, 15) is 14.9 Å². The first-order valence-corrected chi connectivity index (χ1v) is 10.9. The van der Waals surface area contributed by atoms with Crippen molar-refractivity contribution in [3.8, 4) is 5.69 Å². The van der Waals surface area contributed by atoms with Crippen LogP contribution >= 0.6 is 0 Å². The summed E-state index contributed by atoms with van der Waals surface area (Å²) in [5.74, 6) is -0.0138. The van der Waals surface area contributed by atoms with Crippen LogP contribution in [0.2, 0.25) is 0 Å². The Morgan fingerprint density at radius 2 is 1.84 bits per heavy atom. The van der Waals surface area contributed by atoms with Gasteiger partial charge in [0.05, 0.1) is 22.4 Å². The van der Waals surface area contributed by atoms with E-state index in [2.05, 4.69) is 45.0 Å². The summed E-state index contributed by atoms with van der Waals surface area (Å²) in [6, 6.07) is 6.28. The molecule has 0 bridgehead atoms. The first kappa shape index (κ1) is 22.9. The molecule has 31 heavy (non-hydrogen) atoms. The van der Waals surface area contributed by atoms with Crippen molar-refractivity contribution in [2.24, 2.45) is 0 Å². The van der Waals surface area contributed by atoms with Gasteiger partial charge in [-0.25, -0.2) is 4.68 Å². The third-order valence-electron chi connectivity index (χ3n) is 5.78. The predicted molar refractivity (Wildman–Crippen MR) is 120 cm³/mol. The SMILES string of the molecule is CCCCN(C(=O)c1cnn(-c2ccc([N+](=O)[O-])cc2)c1)C1CC(C)(C)NC(C)(C)C1. The van der Waals surface area contributed by atoms with E-state index in [4.69, 9.17) is 0 Å². The number of nitrogens with one attached hydrogen (secondary N) is 1. The van der Waals surface area contributed by atoms with Crippen LogP contribution in [0.15, 0.2) is 36.7 Å². The molecular weight excluding hydrogens is 394 g/mol. The smallest absolute Gasteiger partial charge is 0.269 e. The van der Waals surface area contributed by atoms with Crippen molar-refractivity contribution in [1.82, 2.24) is 20.0 Å². The number of non-ortho nitro benzene ring substituents is 1. The van der Waals surface area contributed by atoms with Gasteiger partial charge in [0.15, 0.2) is 0 Å². The van der Waals surface area contributed by atoms with Crippen molar-refractivity contribution in [2.75, 3.05) is 6.54 Å². The van der Waals surface area contributed by atoms with Crippen LogP contribution in [-0.2, 0) is 0 Å². The first-order valence-electron chi connectivity index (χ1n) is 10.9. The fourth-order valence-corrected chi connectivity index (χ4v) is 4.73. The molecule has 3 rings (SSSR count). The van der Waals surface area contributed by atoms with Gasteiger partial charge in [-0.2, -0.15) is 5.10 Å². The number of aromatic nitrogens is 2. The minimum absolute atomic E-state index is 0.0138. The normalized spacial score (nSPS) is 18.0. The van der Waals surface area contributed by atoms with E-state index in [0.29, 0.717) is 11.3 Å². The Morgan fingerprint density at radius 3 is 2.39 bits per heavy atom. The quantitative estimate of drug-likeness (QED) is 0.524. The molecule has 1 aliphatic heterocycles. The van der Waals surface area contributed by atoms with E-state index in [0.717, 1.165) is 32.2 Å². The molecule has 1 aliphatic rings. The second-order valence-corrected chi connectivity index (χ2v) is 9.75. The van der Waals surface area contributed by atoms with Gasteiger partial charge in [0.25, 0.3) is 11.6 Å². The minimum Gasteiger partial charge on any atom is -0.335 e. The Hall–Kier alpha value is -2.74. The number of amides is 1. The molecule has 8 heteroatoms. The number of unbranched alkanes of at least 4 members (excludes halogenated alkanes) is 1. The van der Waals surface area contributed by atoms with Gasteiger partial charge in [0.2, 0.25) is 0 Å². The minimum atomic E-state index is -0.435. The monoisotopic (exact) mass is 427 g/mol. The molecule has 0 spiro atoms. The molecule has 8 nitrogen and oxygen atoms in total. The molecule has 1 saturated heterocycles. The fraction of sp³-hybridized carbons (Fsp3) is 0.565. The number of nitrogens with zero attached hydrogens (tertiary/aromatic N) is 4. The third-order valence-corrected chi connectivity index (χ3v) is 5.78. The van der Waals surface area contributed by atoms with E-state index in [1.165, 1.54) is 12.1 Å². The number of hydrogen-bond donors (Lipinski definition) is 1. The van der Waals surface area contributed by atoms with E-state index < -0.39 is 4.92 Å². The molecule has 0 atom stereocenters. The number of carbonyl (C=O) groups is 1. The van der Waals surface area contributed by atoms with Crippen molar-refractivity contribution < 1.29 is 9.72 Å². The van der Waals surface area contributed by atoms with Crippen LogP contribution in [0.1, 0.15) is 70.7 Å². The number of piperidine rings is 1. The van der Waals surface area contributed by atoms with Gasteiger partial charge >= 0.3 is 0 Å². The van der Waals surface area contributed by atoms with Gasteiger partial charge in [-0.15, -0.1) is 0 Å². The van der Waals surface area contributed by atoms with Gasteiger partial charge in [0.1, 0.15) is 0 Å². The van der Waals surface area contributed by atoms with Crippen molar-refractivity contribution in [2.45, 2.75) is 77.4 Å². The molecule has 2 aromatic rings. The predicted octanol–water partition coefficient (Wildman–Crippen LogP) is 4.33. The van der Waals surface area contributed by atoms with Crippen LogP contribution in [0.4, 0.5) is 5.69 Å². The number of rotatable bonds is 7. The highest BCUT2D eigenvalue weighted by Crippen LogP contribution is 2.32. The lowest BCUT2D eigenvalue weighted by atomic mass is 9.79. The molecule has 1 N–H and O–H groups in total.